The van der Waals surface area contributed by atoms with E-state index in [1.807, 2.05) is 6.92 Å². The Balaban J connectivity index is 1.68. The summed E-state index contributed by atoms with van der Waals surface area (Å²) >= 11 is 5.94. The van der Waals surface area contributed by atoms with E-state index in [0.29, 0.717) is 5.56 Å². The fourth-order valence-electron chi connectivity index (χ4n) is 2.83. The molecule has 162 valence electrons. The van der Waals surface area contributed by atoms with Crippen molar-refractivity contribution in [3.05, 3.63) is 104 Å². The molecule has 0 aliphatic carbocycles. The minimum atomic E-state index is -0.842. The van der Waals surface area contributed by atoms with Crippen LogP contribution >= 0.6 is 11.6 Å². The van der Waals surface area contributed by atoms with Gasteiger partial charge in [-0.2, -0.15) is 0 Å². The Bertz CT molecular complexity index is 1210. The molecule has 0 unspecified atom stereocenters. The fourth-order valence-corrected chi connectivity index (χ4v) is 3.06. The van der Waals surface area contributed by atoms with E-state index in [4.69, 9.17) is 16.3 Å². The highest BCUT2D eigenvalue weighted by Gasteiger charge is 2.20. The third kappa shape index (κ3) is 5.35. The highest BCUT2D eigenvalue weighted by molar-refractivity contribution is 6.34. The van der Waals surface area contributed by atoms with Gasteiger partial charge < -0.3 is 10.1 Å². The number of nitrogens with one attached hydrogen (secondary N) is 1. The number of non-ortho nitro benzene ring substituents is 1. The summed E-state index contributed by atoms with van der Waals surface area (Å²) < 4.78 is 5.06. The molecule has 0 aliphatic heterocycles. The average Bonchev–Trinajstić information content (AvgIpc) is 2.78. The van der Waals surface area contributed by atoms with E-state index in [-0.39, 0.29) is 33.3 Å². The van der Waals surface area contributed by atoms with Gasteiger partial charge in [-0.15, -0.1) is 0 Å². The third-order valence-electron chi connectivity index (χ3n) is 4.48. The van der Waals surface area contributed by atoms with Crippen molar-refractivity contribution in [2.45, 2.75) is 6.92 Å². The number of hydrogen-bond acceptors (Lipinski definition) is 6. The van der Waals surface area contributed by atoms with E-state index < -0.39 is 23.4 Å². The molecule has 9 heteroatoms. The Morgan fingerprint density at radius 3 is 2.28 bits per heavy atom. The minimum absolute atomic E-state index is 0.0271. The number of ether oxygens (including phenoxy) is 1. The quantitative estimate of drug-likeness (QED) is 0.243. The van der Waals surface area contributed by atoms with Crippen LogP contribution in [0.1, 0.15) is 31.8 Å². The molecule has 0 fully saturated rings. The molecular formula is C23H17ClN2O6. The number of nitrogens with zero attached hydrogens (tertiary/aromatic N) is 1. The Kier molecular flexibility index (Phi) is 6.97. The van der Waals surface area contributed by atoms with E-state index in [2.05, 4.69) is 5.32 Å². The number of hydrogen-bond donors (Lipinski definition) is 1. The molecular weight excluding hydrogens is 436 g/mol. The smallest absolute Gasteiger partial charge is 0.339 e. The third-order valence-corrected chi connectivity index (χ3v) is 4.79. The first-order chi connectivity index (χ1) is 15.3. The number of amides is 1. The van der Waals surface area contributed by atoms with Gasteiger partial charge in [-0.3, -0.25) is 19.7 Å². The predicted octanol–water partition coefficient (Wildman–Crippen LogP) is 4.58. The molecule has 1 amide bonds. The fraction of sp³-hybridized carbons (Fsp3) is 0.0870. The molecule has 1 N–H and O–H groups in total. The molecule has 0 atom stereocenters. The second-order valence-corrected chi connectivity index (χ2v) is 7.19. The lowest BCUT2D eigenvalue weighted by atomic mass is 9.98. The van der Waals surface area contributed by atoms with Crippen molar-refractivity contribution in [3.8, 4) is 0 Å². The van der Waals surface area contributed by atoms with Crippen molar-refractivity contribution in [2.75, 3.05) is 11.9 Å². The summed E-state index contributed by atoms with van der Waals surface area (Å²) in [6.45, 7) is 1.26. The first-order valence-electron chi connectivity index (χ1n) is 9.37. The molecule has 0 saturated carbocycles. The lowest BCUT2D eigenvalue weighted by molar-refractivity contribution is -0.384. The predicted molar refractivity (Wildman–Crippen MR) is 118 cm³/mol. The Hall–Kier alpha value is -4.04. The second kappa shape index (κ2) is 9.84. The zero-order valence-corrected chi connectivity index (χ0v) is 17.6. The summed E-state index contributed by atoms with van der Waals surface area (Å²) in [5, 5.41) is 13.1. The number of anilines is 1. The molecule has 0 saturated heterocycles. The van der Waals surface area contributed by atoms with Crippen LogP contribution in [0, 0.1) is 17.0 Å². The number of carbonyl (C=O) groups is 3. The van der Waals surface area contributed by atoms with Gasteiger partial charge in [-0.25, -0.2) is 4.79 Å². The number of esters is 1. The van der Waals surface area contributed by atoms with Gasteiger partial charge in [0.2, 0.25) is 0 Å². The lowest BCUT2D eigenvalue weighted by Gasteiger charge is -2.10. The van der Waals surface area contributed by atoms with E-state index >= 15 is 0 Å². The summed E-state index contributed by atoms with van der Waals surface area (Å²) in [5.74, 6) is -1.89. The number of rotatable bonds is 7. The van der Waals surface area contributed by atoms with Gasteiger partial charge in [0.25, 0.3) is 11.6 Å². The highest BCUT2D eigenvalue weighted by Crippen LogP contribution is 2.26. The molecule has 0 radical (unpaired) electrons. The number of carbonyl (C=O) groups excluding carboxylic acids is 3. The van der Waals surface area contributed by atoms with Gasteiger partial charge >= 0.3 is 5.97 Å². The van der Waals surface area contributed by atoms with Gasteiger partial charge in [0.05, 0.1) is 21.2 Å². The van der Waals surface area contributed by atoms with Gasteiger partial charge in [0, 0.05) is 23.3 Å². The number of nitro groups is 1. The van der Waals surface area contributed by atoms with E-state index in [1.54, 1.807) is 36.4 Å². The Morgan fingerprint density at radius 1 is 1.00 bits per heavy atom. The van der Waals surface area contributed by atoms with E-state index in [0.717, 1.165) is 11.6 Å². The van der Waals surface area contributed by atoms with E-state index in [1.165, 1.54) is 24.3 Å². The van der Waals surface area contributed by atoms with Crippen LogP contribution in [0.4, 0.5) is 11.4 Å². The molecule has 0 heterocycles. The van der Waals surface area contributed by atoms with Crippen LogP contribution in [-0.4, -0.2) is 29.2 Å². The molecule has 32 heavy (non-hydrogen) atoms. The first kappa shape index (κ1) is 22.6. The maximum Gasteiger partial charge on any atom is 0.339 e. The van der Waals surface area contributed by atoms with Crippen LogP contribution in [0.25, 0.3) is 0 Å². The largest absolute Gasteiger partial charge is 0.452 e. The number of nitro benzene ring substituents is 1. The second-order valence-electron chi connectivity index (χ2n) is 6.79. The SMILES string of the molecule is Cc1ccc(C(=O)c2ccccc2C(=O)OCC(=O)Nc2ccc([N+](=O)[O-])cc2Cl)cc1. The molecule has 3 rings (SSSR count). The van der Waals surface area contributed by atoms with Crippen LogP contribution in [0.3, 0.4) is 0 Å². The summed E-state index contributed by atoms with van der Waals surface area (Å²) in [4.78, 5) is 47.7. The van der Waals surface area contributed by atoms with Crippen molar-refractivity contribution in [2.24, 2.45) is 0 Å². The molecule has 0 aromatic heterocycles. The van der Waals surface area contributed by atoms with Crippen molar-refractivity contribution >= 4 is 40.6 Å². The summed E-state index contributed by atoms with van der Waals surface area (Å²) in [7, 11) is 0. The van der Waals surface area contributed by atoms with Crippen LogP contribution in [-0.2, 0) is 9.53 Å². The monoisotopic (exact) mass is 452 g/mol. The van der Waals surface area contributed by atoms with Crippen molar-refractivity contribution in [3.63, 3.8) is 0 Å². The average molecular weight is 453 g/mol. The molecule has 0 aliphatic rings. The Labute approximate surface area is 187 Å². The number of benzene rings is 3. The lowest BCUT2D eigenvalue weighted by Crippen LogP contribution is -2.22. The van der Waals surface area contributed by atoms with Gasteiger partial charge in [0.15, 0.2) is 12.4 Å². The summed E-state index contributed by atoms with van der Waals surface area (Å²) in [5.41, 5.74) is 1.50. The minimum Gasteiger partial charge on any atom is -0.452 e. The van der Waals surface area contributed by atoms with Crippen LogP contribution < -0.4 is 5.32 Å². The highest BCUT2D eigenvalue weighted by atomic mass is 35.5. The van der Waals surface area contributed by atoms with Crippen molar-refractivity contribution in [1.82, 2.24) is 0 Å². The maximum absolute atomic E-state index is 12.8. The van der Waals surface area contributed by atoms with Crippen LogP contribution in [0.15, 0.2) is 66.7 Å². The number of halogens is 1. The molecule has 0 bridgehead atoms. The van der Waals surface area contributed by atoms with Gasteiger partial charge in [-0.1, -0.05) is 59.6 Å². The zero-order valence-electron chi connectivity index (χ0n) is 16.8. The first-order valence-corrected chi connectivity index (χ1v) is 9.75. The Morgan fingerprint density at radius 2 is 1.66 bits per heavy atom. The molecule has 0 spiro atoms. The summed E-state index contributed by atoms with van der Waals surface area (Å²) in [6, 6.07) is 16.6. The number of aryl methyl sites for hydroxylation is 1. The van der Waals surface area contributed by atoms with E-state index in [9.17, 15) is 24.5 Å². The van der Waals surface area contributed by atoms with Crippen molar-refractivity contribution in [1.29, 1.82) is 0 Å². The molecule has 3 aromatic rings. The molecule has 8 nitrogen and oxygen atoms in total. The van der Waals surface area contributed by atoms with Crippen LogP contribution in [0.2, 0.25) is 5.02 Å². The molecule has 3 aromatic carbocycles. The topological polar surface area (TPSA) is 116 Å². The number of ketones is 1. The van der Waals surface area contributed by atoms with Gasteiger partial charge in [-0.05, 0) is 19.1 Å². The zero-order chi connectivity index (χ0) is 23.3. The van der Waals surface area contributed by atoms with Crippen molar-refractivity contribution < 1.29 is 24.0 Å². The normalized spacial score (nSPS) is 10.3. The summed E-state index contributed by atoms with van der Waals surface area (Å²) in [6.07, 6.45) is 0. The standard InChI is InChI=1S/C23H17ClN2O6/c1-14-6-8-15(9-7-14)22(28)17-4-2-3-5-18(17)23(29)32-13-21(27)25-20-11-10-16(26(30)31)12-19(20)24/h2-12H,13H2,1H3,(H,25,27). The maximum atomic E-state index is 12.8. The van der Waals surface area contributed by atoms with Gasteiger partial charge in [0.1, 0.15) is 0 Å². The van der Waals surface area contributed by atoms with Crippen LogP contribution in [0.5, 0.6) is 0 Å².